The number of nitrogens with one attached hydrogen (secondary N) is 1. The van der Waals surface area contributed by atoms with Crippen molar-refractivity contribution in [1.29, 1.82) is 0 Å². The molecule has 4 nitrogen and oxygen atoms in total. The highest BCUT2D eigenvalue weighted by molar-refractivity contribution is 7.89. The minimum absolute atomic E-state index is 0.0681. The van der Waals surface area contributed by atoms with E-state index in [9.17, 15) is 8.42 Å². The van der Waals surface area contributed by atoms with Crippen LogP contribution >= 0.6 is 23.2 Å². The molecule has 0 saturated carbocycles. The molecule has 0 aliphatic carbocycles. The van der Waals surface area contributed by atoms with Gasteiger partial charge in [0.2, 0.25) is 10.0 Å². The van der Waals surface area contributed by atoms with Crippen molar-refractivity contribution >= 4 is 33.2 Å². The Hall–Kier alpha value is -0.330. The number of sulfonamides is 1. The van der Waals surface area contributed by atoms with E-state index in [0.29, 0.717) is 23.0 Å². The van der Waals surface area contributed by atoms with E-state index < -0.39 is 10.0 Å². The van der Waals surface area contributed by atoms with E-state index in [2.05, 4.69) is 4.72 Å². The van der Waals surface area contributed by atoms with Crippen LogP contribution in [0, 0.1) is 0 Å². The van der Waals surface area contributed by atoms with E-state index in [1.54, 1.807) is 18.2 Å². The second kappa shape index (κ2) is 6.56. The average molecular weight is 297 g/mol. The second-order valence-corrected chi connectivity index (χ2v) is 6.26. The van der Waals surface area contributed by atoms with Crippen LogP contribution in [0.4, 0.5) is 0 Å². The summed E-state index contributed by atoms with van der Waals surface area (Å²) in [6, 6.07) is 5.13. The molecule has 0 aliphatic heterocycles. The van der Waals surface area contributed by atoms with Crippen molar-refractivity contribution in [1.82, 2.24) is 4.72 Å². The summed E-state index contributed by atoms with van der Waals surface area (Å²) >= 11 is 11.7. The van der Waals surface area contributed by atoms with Gasteiger partial charge in [-0.1, -0.05) is 29.3 Å². The maximum Gasteiger partial charge on any atom is 0.212 e. The van der Waals surface area contributed by atoms with Crippen molar-refractivity contribution in [2.45, 2.75) is 6.42 Å². The van der Waals surface area contributed by atoms with E-state index in [1.165, 1.54) is 0 Å². The lowest BCUT2D eigenvalue weighted by molar-refractivity contribution is 0.581. The first kappa shape index (κ1) is 14.7. The van der Waals surface area contributed by atoms with Crippen LogP contribution in [-0.4, -0.2) is 27.3 Å². The van der Waals surface area contributed by atoms with Crippen LogP contribution in [0.1, 0.15) is 5.56 Å². The number of hydrogen-bond acceptors (Lipinski definition) is 3. The number of nitrogens with two attached hydrogens (primary N) is 1. The predicted molar refractivity (Wildman–Crippen MR) is 71.0 cm³/mol. The molecule has 3 N–H and O–H groups in total. The van der Waals surface area contributed by atoms with Gasteiger partial charge < -0.3 is 5.73 Å². The standard InChI is InChI=1S/C10H14Cl2N2O2S/c11-9-2-1-8(10(12)7-9)3-5-14-17(15,16)6-4-13/h1-2,7,14H,3-6,13H2. The molecule has 1 aromatic carbocycles. The van der Waals surface area contributed by atoms with Crippen molar-refractivity contribution in [3.8, 4) is 0 Å². The van der Waals surface area contributed by atoms with E-state index in [4.69, 9.17) is 28.9 Å². The Labute approximate surface area is 111 Å². The Balaban J connectivity index is 2.51. The molecular formula is C10H14Cl2N2O2S. The van der Waals surface area contributed by atoms with Crippen molar-refractivity contribution in [3.63, 3.8) is 0 Å². The van der Waals surface area contributed by atoms with Crippen molar-refractivity contribution in [2.75, 3.05) is 18.8 Å². The van der Waals surface area contributed by atoms with Crippen LogP contribution < -0.4 is 10.5 Å². The van der Waals surface area contributed by atoms with E-state index in [-0.39, 0.29) is 12.3 Å². The monoisotopic (exact) mass is 296 g/mol. The summed E-state index contributed by atoms with van der Waals surface area (Å²) in [6.45, 7) is 0.403. The summed E-state index contributed by atoms with van der Waals surface area (Å²) in [6.07, 6.45) is 0.514. The average Bonchev–Trinajstić information content (AvgIpc) is 2.21. The van der Waals surface area contributed by atoms with Gasteiger partial charge in [-0.3, -0.25) is 0 Å². The summed E-state index contributed by atoms with van der Waals surface area (Å²) < 4.78 is 25.1. The zero-order valence-corrected chi connectivity index (χ0v) is 11.4. The molecular weight excluding hydrogens is 283 g/mol. The quantitative estimate of drug-likeness (QED) is 0.834. The van der Waals surface area contributed by atoms with Crippen LogP contribution in [0.3, 0.4) is 0 Å². The molecule has 96 valence electrons. The fourth-order valence-electron chi connectivity index (χ4n) is 1.29. The van der Waals surface area contributed by atoms with Crippen LogP contribution in [0.2, 0.25) is 10.0 Å². The third-order valence-electron chi connectivity index (χ3n) is 2.12. The molecule has 17 heavy (non-hydrogen) atoms. The third kappa shape index (κ3) is 5.23. The molecule has 0 radical (unpaired) electrons. The molecule has 0 aromatic heterocycles. The van der Waals surface area contributed by atoms with E-state index >= 15 is 0 Å². The Bertz CT molecular complexity index is 477. The van der Waals surface area contributed by atoms with Gasteiger partial charge in [0.05, 0.1) is 5.75 Å². The third-order valence-corrected chi connectivity index (χ3v) is 4.12. The maximum absolute atomic E-state index is 11.3. The number of benzene rings is 1. The number of hydrogen-bond donors (Lipinski definition) is 2. The lowest BCUT2D eigenvalue weighted by Gasteiger charge is -2.07. The molecule has 0 atom stereocenters. The normalized spacial score (nSPS) is 11.7. The second-order valence-electron chi connectivity index (χ2n) is 3.49. The van der Waals surface area contributed by atoms with Gasteiger partial charge in [-0.15, -0.1) is 0 Å². The topological polar surface area (TPSA) is 72.2 Å². The summed E-state index contributed by atoms with van der Waals surface area (Å²) in [5.74, 6) is -0.0681. The maximum atomic E-state index is 11.3. The SMILES string of the molecule is NCCS(=O)(=O)NCCc1ccc(Cl)cc1Cl. The van der Waals surface area contributed by atoms with Gasteiger partial charge in [-0.2, -0.15) is 0 Å². The smallest absolute Gasteiger partial charge is 0.212 e. The Morgan fingerprint density at radius 3 is 2.59 bits per heavy atom. The molecule has 0 saturated heterocycles. The molecule has 0 spiro atoms. The molecule has 0 fully saturated rings. The van der Waals surface area contributed by atoms with Gasteiger partial charge in [0.1, 0.15) is 0 Å². The fourth-order valence-corrected chi connectivity index (χ4v) is 2.66. The first-order valence-corrected chi connectivity index (χ1v) is 7.47. The largest absolute Gasteiger partial charge is 0.329 e. The lowest BCUT2D eigenvalue weighted by Crippen LogP contribution is -2.31. The Morgan fingerprint density at radius 1 is 1.29 bits per heavy atom. The van der Waals surface area contributed by atoms with Gasteiger partial charge in [-0.05, 0) is 24.1 Å². The number of rotatable bonds is 6. The number of halogens is 2. The highest BCUT2D eigenvalue weighted by atomic mass is 35.5. The summed E-state index contributed by atoms with van der Waals surface area (Å²) in [7, 11) is -3.27. The van der Waals surface area contributed by atoms with Crippen LogP contribution in [0.5, 0.6) is 0 Å². The summed E-state index contributed by atoms with van der Waals surface area (Å²) in [5, 5.41) is 1.10. The molecule has 0 aliphatic rings. The van der Waals surface area contributed by atoms with Gasteiger partial charge in [-0.25, -0.2) is 13.1 Å². The molecule has 0 heterocycles. The minimum Gasteiger partial charge on any atom is -0.329 e. The van der Waals surface area contributed by atoms with Gasteiger partial charge in [0, 0.05) is 23.1 Å². The van der Waals surface area contributed by atoms with Crippen LogP contribution in [-0.2, 0) is 16.4 Å². The predicted octanol–water partition coefficient (Wildman–Crippen LogP) is 1.41. The molecule has 0 amide bonds. The van der Waals surface area contributed by atoms with Gasteiger partial charge >= 0.3 is 0 Å². The Kier molecular flexibility index (Phi) is 5.69. The summed E-state index contributed by atoms with van der Waals surface area (Å²) in [4.78, 5) is 0. The van der Waals surface area contributed by atoms with E-state index in [0.717, 1.165) is 5.56 Å². The highest BCUT2D eigenvalue weighted by Gasteiger charge is 2.08. The van der Waals surface area contributed by atoms with Crippen LogP contribution in [0.15, 0.2) is 18.2 Å². The van der Waals surface area contributed by atoms with E-state index in [1.807, 2.05) is 0 Å². The van der Waals surface area contributed by atoms with Gasteiger partial charge in [0.25, 0.3) is 0 Å². The van der Waals surface area contributed by atoms with Crippen molar-refractivity contribution < 1.29 is 8.42 Å². The molecule has 1 rings (SSSR count). The van der Waals surface area contributed by atoms with Crippen molar-refractivity contribution in [2.24, 2.45) is 5.73 Å². The molecule has 0 bridgehead atoms. The zero-order valence-electron chi connectivity index (χ0n) is 9.12. The first-order valence-electron chi connectivity index (χ1n) is 5.06. The van der Waals surface area contributed by atoms with Crippen molar-refractivity contribution in [3.05, 3.63) is 33.8 Å². The first-order chi connectivity index (χ1) is 7.94. The lowest BCUT2D eigenvalue weighted by atomic mass is 10.1. The summed E-state index contributed by atoms with van der Waals surface area (Å²) in [5.41, 5.74) is 6.04. The molecule has 1 aromatic rings. The molecule has 7 heteroatoms. The van der Waals surface area contributed by atoms with Crippen LogP contribution in [0.25, 0.3) is 0 Å². The Morgan fingerprint density at radius 2 is 2.00 bits per heavy atom. The fraction of sp³-hybridized carbons (Fsp3) is 0.400. The zero-order chi connectivity index (χ0) is 12.9. The minimum atomic E-state index is -3.27. The van der Waals surface area contributed by atoms with Gasteiger partial charge in [0.15, 0.2) is 0 Å². The highest BCUT2D eigenvalue weighted by Crippen LogP contribution is 2.21. The molecule has 0 unspecified atom stereocenters.